The number of carbonyl (C=O) groups is 1. The number of aryl methyl sites for hydroxylation is 1. The van der Waals surface area contributed by atoms with Crippen molar-refractivity contribution in [3.8, 4) is 11.3 Å². The minimum Gasteiger partial charge on any atom is -0.372 e. The van der Waals surface area contributed by atoms with Crippen molar-refractivity contribution in [2.75, 3.05) is 60.9 Å². The molecule has 2 aliphatic heterocycles. The number of allylic oxidation sites excluding steroid dienone is 1. The maximum absolute atomic E-state index is 13.4. The first-order valence-corrected chi connectivity index (χ1v) is 15.2. The summed E-state index contributed by atoms with van der Waals surface area (Å²) in [5.74, 6) is 1.36. The van der Waals surface area contributed by atoms with Gasteiger partial charge in [-0.2, -0.15) is 0 Å². The molecule has 0 radical (unpaired) electrons. The molecule has 216 valence electrons. The van der Waals surface area contributed by atoms with Crippen molar-refractivity contribution in [3.63, 3.8) is 0 Å². The predicted octanol–water partition coefficient (Wildman–Crippen LogP) is 4.98. The van der Waals surface area contributed by atoms with Crippen LogP contribution in [0.3, 0.4) is 0 Å². The minimum absolute atomic E-state index is 0.0956. The molecule has 3 aromatic heterocycles. The Morgan fingerprint density at radius 2 is 1.79 bits per heavy atom. The molecule has 1 amide bonds. The smallest absolute Gasteiger partial charge is 0.242 e. The number of nitrogens with zero attached hydrogens (tertiary/aromatic N) is 7. The molecule has 5 heterocycles. The quantitative estimate of drug-likeness (QED) is 0.355. The molecule has 4 aromatic rings. The van der Waals surface area contributed by atoms with Gasteiger partial charge < -0.3 is 20.0 Å². The lowest BCUT2D eigenvalue weighted by Crippen LogP contribution is -2.50. The molecule has 9 nitrogen and oxygen atoms in total. The van der Waals surface area contributed by atoms with Crippen LogP contribution in [0.25, 0.3) is 23.0 Å². The number of anilines is 3. The number of hydrogen-bond donors (Lipinski definition) is 1. The Balaban J connectivity index is 1.05. The molecule has 9 heteroatoms. The molecule has 3 aliphatic rings. The van der Waals surface area contributed by atoms with Crippen LogP contribution in [0.2, 0.25) is 0 Å². The molecule has 1 aromatic carbocycles. The zero-order valence-electron chi connectivity index (χ0n) is 24.5. The molecular formula is C33H38N8O. The molecule has 2 saturated heterocycles. The normalized spacial score (nSPS) is 18.5. The predicted molar refractivity (Wildman–Crippen MR) is 168 cm³/mol. The summed E-state index contributed by atoms with van der Waals surface area (Å²) in [5, 5.41) is 3.44. The van der Waals surface area contributed by atoms with Gasteiger partial charge in [0.15, 0.2) is 5.65 Å². The fourth-order valence-corrected chi connectivity index (χ4v) is 6.63. The van der Waals surface area contributed by atoms with Crippen molar-refractivity contribution < 1.29 is 4.79 Å². The number of hydrogen-bond acceptors (Lipinski definition) is 7. The summed E-state index contributed by atoms with van der Waals surface area (Å²) in [6.45, 7) is 9.80. The number of pyridine rings is 1. The Labute approximate surface area is 246 Å². The molecule has 0 saturated carbocycles. The van der Waals surface area contributed by atoms with Crippen LogP contribution >= 0.6 is 0 Å². The van der Waals surface area contributed by atoms with Gasteiger partial charge in [-0.05, 0) is 56.4 Å². The molecule has 2 fully saturated rings. The highest BCUT2D eigenvalue weighted by molar-refractivity contribution is 5.84. The van der Waals surface area contributed by atoms with E-state index in [1.165, 1.54) is 29.8 Å². The molecule has 7 rings (SSSR count). The van der Waals surface area contributed by atoms with E-state index < -0.39 is 0 Å². The highest BCUT2D eigenvalue weighted by Gasteiger charge is 2.27. The summed E-state index contributed by atoms with van der Waals surface area (Å²) < 4.78 is 1.98. The van der Waals surface area contributed by atoms with Gasteiger partial charge in [-0.25, -0.2) is 4.98 Å². The number of aromatic nitrogens is 4. The van der Waals surface area contributed by atoms with Crippen LogP contribution in [-0.4, -0.2) is 76.0 Å². The molecule has 1 unspecified atom stereocenters. The Kier molecular flexibility index (Phi) is 7.01. The van der Waals surface area contributed by atoms with Crippen LogP contribution in [0.5, 0.6) is 0 Å². The molecule has 1 N–H and O–H groups in total. The lowest BCUT2D eigenvalue weighted by Gasteiger charge is -2.38. The summed E-state index contributed by atoms with van der Waals surface area (Å²) in [6, 6.07) is 10.8. The Morgan fingerprint density at radius 3 is 2.57 bits per heavy atom. The topological polar surface area (TPSA) is 81.9 Å². The lowest BCUT2D eigenvalue weighted by molar-refractivity contribution is -0.129. The van der Waals surface area contributed by atoms with E-state index in [-0.39, 0.29) is 12.5 Å². The van der Waals surface area contributed by atoms with Gasteiger partial charge in [0.25, 0.3) is 0 Å². The number of nitrogens with one attached hydrogen (secondary N) is 1. The molecule has 0 spiro atoms. The Bertz CT molecular complexity index is 1630. The molecule has 0 bridgehead atoms. The van der Waals surface area contributed by atoms with E-state index in [0.717, 1.165) is 66.7 Å². The Morgan fingerprint density at radius 1 is 1.00 bits per heavy atom. The summed E-state index contributed by atoms with van der Waals surface area (Å²) in [7, 11) is 0. The lowest BCUT2D eigenvalue weighted by atomic mass is 9.89. The van der Waals surface area contributed by atoms with Gasteiger partial charge in [0.1, 0.15) is 11.5 Å². The van der Waals surface area contributed by atoms with Crippen molar-refractivity contribution >= 4 is 34.8 Å². The number of carbonyl (C=O) groups excluding carboxylic acids is 1. The van der Waals surface area contributed by atoms with Gasteiger partial charge in [0, 0.05) is 79.9 Å². The monoisotopic (exact) mass is 562 g/mol. The van der Waals surface area contributed by atoms with Crippen molar-refractivity contribution in [2.45, 2.75) is 39.0 Å². The van der Waals surface area contributed by atoms with Gasteiger partial charge in [-0.15, -0.1) is 0 Å². The van der Waals surface area contributed by atoms with E-state index in [4.69, 9.17) is 9.97 Å². The van der Waals surface area contributed by atoms with Gasteiger partial charge >= 0.3 is 0 Å². The minimum atomic E-state index is 0.0956. The fraction of sp³-hybridized carbons (Fsp3) is 0.394. The van der Waals surface area contributed by atoms with Crippen LogP contribution in [0.4, 0.5) is 17.2 Å². The average Bonchev–Trinajstić information content (AvgIpc) is 3.68. The van der Waals surface area contributed by atoms with Crippen molar-refractivity contribution in [1.82, 2.24) is 24.3 Å². The van der Waals surface area contributed by atoms with E-state index in [0.29, 0.717) is 19.0 Å². The second kappa shape index (κ2) is 11.1. The van der Waals surface area contributed by atoms with E-state index in [1.54, 1.807) is 12.4 Å². The SMILES string of the molecule is Cc1cc(N2CCN(C(=O)CNc3c(-c4ccc(N5CCCC5)cc4)nc4cnccn34)CC2)c2c(n1)C=CCC2C. The number of fused-ring (bicyclic) bond motifs is 2. The van der Waals surface area contributed by atoms with Crippen LogP contribution in [0.15, 0.2) is 55.0 Å². The summed E-state index contributed by atoms with van der Waals surface area (Å²) in [6.07, 6.45) is 13.3. The standard InChI is InChI=1S/C33H38N8O/c1-23-6-5-7-27-31(23)28(20-24(2)36-27)39-16-18-40(19-17-39)30(42)22-35-33-32(37-29-21-34-12-15-41(29)33)25-8-10-26(11-9-25)38-13-3-4-14-38/h5,7-12,15,20-21,23,35H,3-4,6,13-14,16-19,22H2,1-2H3. The molecule has 42 heavy (non-hydrogen) atoms. The summed E-state index contributed by atoms with van der Waals surface area (Å²) in [4.78, 5) is 34.2. The molecular weight excluding hydrogens is 524 g/mol. The van der Waals surface area contributed by atoms with Crippen LogP contribution in [0, 0.1) is 6.92 Å². The highest BCUT2D eigenvalue weighted by atomic mass is 16.2. The van der Waals surface area contributed by atoms with Gasteiger partial charge in [-0.1, -0.05) is 25.1 Å². The van der Waals surface area contributed by atoms with Crippen LogP contribution in [-0.2, 0) is 4.79 Å². The fourth-order valence-electron chi connectivity index (χ4n) is 6.63. The maximum atomic E-state index is 13.4. The van der Waals surface area contributed by atoms with Crippen molar-refractivity contribution in [3.05, 3.63) is 71.9 Å². The van der Waals surface area contributed by atoms with Crippen LogP contribution in [0.1, 0.15) is 49.1 Å². The van der Waals surface area contributed by atoms with E-state index in [1.807, 2.05) is 15.5 Å². The van der Waals surface area contributed by atoms with Gasteiger partial charge in [0.05, 0.1) is 18.4 Å². The summed E-state index contributed by atoms with van der Waals surface area (Å²) in [5.41, 5.74) is 8.59. The molecule has 1 atom stereocenters. The van der Waals surface area contributed by atoms with Gasteiger partial charge in [-0.3, -0.25) is 19.2 Å². The first kappa shape index (κ1) is 26.5. The maximum Gasteiger partial charge on any atom is 0.242 e. The number of imidazole rings is 1. The Hall–Kier alpha value is -4.40. The van der Waals surface area contributed by atoms with Crippen LogP contribution < -0.4 is 15.1 Å². The number of amides is 1. The van der Waals surface area contributed by atoms with E-state index in [9.17, 15) is 4.79 Å². The number of rotatable bonds is 6. The largest absolute Gasteiger partial charge is 0.372 e. The zero-order chi connectivity index (χ0) is 28.6. The van der Waals surface area contributed by atoms with Gasteiger partial charge in [0.2, 0.25) is 5.91 Å². The third-order valence-corrected chi connectivity index (χ3v) is 8.87. The second-order valence-electron chi connectivity index (χ2n) is 11.7. The third kappa shape index (κ3) is 4.97. The van der Waals surface area contributed by atoms with E-state index in [2.05, 4.69) is 76.4 Å². The third-order valence-electron chi connectivity index (χ3n) is 8.87. The first-order chi connectivity index (χ1) is 20.5. The second-order valence-corrected chi connectivity index (χ2v) is 11.7. The number of piperazine rings is 1. The summed E-state index contributed by atoms with van der Waals surface area (Å²) >= 11 is 0. The first-order valence-electron chi connectivity index (χ1n) is 15.2. The average molecular weight is 563 g/mol. The number of benzene rings is 1. The highest BCUT2D eigenvalue weighted by Crippen LogP contribution is 2.37. The van der Waals surface area contributed by atoms with E-state index >= 15 is 0 Å². The zero-order valence-corrected chi connectivity index (χ0v) is 24.5. The molecule has 1 aliphatic carbocycles. The van der Waals surface area contributed by atoms with Crippen molar-refractivity contribution in [2.24, 2.45) is 0 Å². The van der Waals surface area contributed by atoms with Crippen molar-refractivity contribution in [1.29, 1.82) is 0 Å².